The number of rotatable bonds is 5. The summed E-state index contributed by atoms with van der Waals surface area (Å²) < 4.78 is 83.2. The zero-order valence-corrected chi connectivity index (χ0v) is 15.6. The minimum atomic E-state index is -4.50. The quantitative estimate of drug-likeness (QED) is 0.584. The highest BCUT2D eigenvalue weighted by Crippen LogP contribution is 2.32. The molecule has 6 nitrogen and oxygen atoms in total. The molecule has 3 rings (SSSR count). The van der Waals surface area contributed by atoms with Crippen molar-refractivity contribution in [2.75, 3.05) is 4.72 Å². The molecule has 0 spiro atoms. The van der Waals surface area contributed by atoms with Crippen LogP contribution in [0, 0.1) is 17.1 Å². The van der Waals surface area contributed by atoms with Gasteiger partial charge < -0.3 is 4.74 Å². The van der Waals surface area contributed by atoms with E-state index in [9.17, 15) is 31.2 Å². The number of nitriles is 1. The monoisotopic (exact) mass is 437 g/mol. The van der Waals surface area contributed by atoms with Crippen LogP contribution in [0.5, 0.6) is 11.5 Å². The van der Waals surface area contributed by atoms with Gasteiger partial charge in [-0.15, -0.1) is 0 Å². The summed E-state index contributed by atoms with van der Waals surface area (Å²) in [6.07, 6.45) is -3.67. The van der Waals surface area contributed by atoms with Crippen molar-refractivity contribution in [3.8, 4) is 17.6 Å². The SMILES string of the molecule is N#Cc1cc(S(=O)(=O)Nc2ccc(F)cn2)ccc1Oc1ccc(C(F)(F)F)cc1. The zero-order valence-electron chi connectivity index (χ0n) is 14.8. The topological polar surface area (TPSA) is 92.1 Å². The fraction of sp³-hybridized carbons (Fsp3) is 0.0526. The van der Waals surface area contributed by atoms with Gasteiger partial charge in [-0.1, -0.05) is 0 Å². The van der Waals surface area contributed by atoms with Crippen LogP contribution < -0.4 is 9.46 Å². The van der Waals surface area contributed by atoms with Crippen LogP contribution in [0.2, 0.25) is 0 Å². The van der Waals surface area contributed by atoms with Crippen LogP contribution in [-0.2, 0) is 16.2 Å². The Balaban J connectivity index is 1.84. The molecule has 1 N–H and O–H groups in total. The van der Waals surface area contributed by atoms with Gasteiger partial charge >= 0.3 is 6.18 Å². The number of hydrogen-bond donors (Lipinski definition) is 1. The number of alkyl halides is 3. The molecule has 30 heavy (non-hydrogen) atoms. The van der Waals surface area contributed by atoms with Crippen LogP contribution in [0.1, 0.15) is 11.1 Å². The summed E-state index contributed by atoms with van der Waals surface area (Å²) in [5.41, 5.74) is -1.03. The van der Waals surface area contributed by atoms with Gasteiger partial charge in [-0.3, -0.25) is 4.72 Å². The molecule has 0 bridgehead atoms. The first-order chi connectivity index (χ1) is 14.1. The Morgan fingerprint density at radius 1 is 1.03 bits per heavy atom. The number of ether oxygens (including phenoxy) is 1. The zero-order chi connectivity index (χ0) is 21.9. The molecule has 0 aliphatic heterocycles. The van der Waals surface area contributed by atoms with E-state index >= 15 is 0 Å². The Morgan fingerprint density at radius 3 is 2.30 bits per heavy atom. The first-order valence-corrected chi connectivity index (χ1v) is 9.60. The minimum Gasteiger partial charge on any atom is -0.456 e. The summed E-state index contributed by atoms with van der Waals surface area (Å²) in [4.78, 5) is 3.31. The molecule has 3 aromatic rings. The largest absolute Gasteiger partial charge is 0.456 e. The third-order valence-corrected chi connectivity index (χ3v) is 5.11. The van der Waals surface area contributed by atoms with Crippen molar-refractivity contribution in [3.63, 3.8) is 0 Å². The van der Waals surface area contributed by atoms with Crippen molar-refractivity contribution >= 4 is 15.8 Å². The van der Waals surface area contributed by atoms with Gasteiger partial charge in [0.1, 0.15) is 29.2 Å². The highest BCUT2D eigenvalue weighted by atomic mass is 32.2. The Kier molecular flexibility index (Phi) is 5.62. The molecule has 0 saturated heterocycles. The van der Waals surface area contributed by atoms with Gasteiger partial charge in [0.05, 0.1) is 22.2 Å². The summed E-state index contributed by atoms with van der Waals surface area (Å²) in [7, 11) is -4.14. The maximum atomic E-state index is 12.9. The lowest BCUT2D eigenvalue weighted by Gasteiger charge is -2.12. The van der Waals surface area contributed by atoms with Crippen LogP contribution in [0.4, 0.5) is 23.4 Å². The molecule has 1 aromatic heterocycles. The number of nitrogens with one attached hydrogen (secondary N) is 1. The maximum absolute atomic E-state index is 12.9. The van der Waals surface area contributed by atoms with Crippen LogP contribution in [0.3, 0.4) is 0 Å². The van der Waals surface area contributed by atoms with Gasteiger partial charge in [0.25, 0.3) is 10.0 Å². The summed E-state index contributed by atoms with van der Waals surface area (Å²) in [5.74, 6) is -0.783. The number of aromatic nitrogens is 1. The van der Waals surface area contributed by atoms with Crippen LogP contribution in [-0.4, -0.2) is 13.4 Å². The summed E-state index contributed by atoms with van der Waals surface area (Å²) in [5, 5.41) is 9.31. The van der Waals surface area contributed by atoms with E-state index in [2.05, 4.69) is 9.71 Å². The van der Waals surface area contributed by atoms with Gasteiger partial charge in [-0.2, -0.15) is 18.4 Å². The fourth-order valence-corrected chi connectivity index (χ4v) is 3.36. The Bertz CT molecular complexity index is 1200. The molecule has 0 aliphatic carbocycles. The second-order valence-corrected chi connectivity index (χ2v) is 7.54. The summed E-state index contributed by atoms with van der Waals surface area (Å²) >= 11 is 0. The summed E-state index contributed by atoms with van der Waals surface area (Å²) in [6, 6.07) is 11.1. The van der Waals surface area contributed by atoms with E-state index in [0.717, 1.165) is 54.7 Å². The molecule has 0 saturated carbocycles. The van der Waals surface area contributed by atoms with Crippen LogP contribution in [0.25, 0.3) is 0 Å². The molecular formula is C19H11F4N3O3S. The van der Waals surface area contributed by atoms with Gasteiger partial charge in [0.15, 0.2) is 0 Å². The van der Waals surface area contributed by atoms with E-state index < -0.39 is 27.6 Å². The smallest absolute Gasteiger partial charge is 0.416 e. The number of nitrogens with zero attached hydrogens (tertiary/aromatic N) is 2. The molecular weight excluding hydrogens is 426 g/mol. The highest BCUT2D eigenvalue weighted by Gasteiger charge is 2.30. The lowest BCUT2D eigenvalue weighted by Crippen LogP contribution is -2.14. The first-order valence-electron chi connectivity index (χ1n) is 8.12. The lowest BCUT2D eigenvalue weighted by atomic mass is 10.2. The maximum Gasteiger partial charge on any atom is 0.416 e. The van der Waals surface area contributed by atoms with Crippen molar-refractivity contribution in [1.29, 1.82) is 5.26 Å². The molecule has 0 fully saturated rings. The molecule has 0 atom stereocenters. The number of hydrogen-bond acceptors (Lipinski definition) is 5. The van der Waals surface area contributed by atoms with E-state index in [1.165, 1.54) is 6.07 Å². The molecule has 11 heteroatoms. The fourth-order valence-electron chi connectivity index (χ4n) is 2.32. The van der Waals surface area contributed by atoms with E-state index in [1.807, 2.05) is 0 Å². The first kappa shape index (κ1) is 21.1. The normalized spacial score (nSPS) is 11.6. The second-order valence-electron chi connectivity index (χ2n) is 5.86. The van der Waals surface area contributed by atoms with Crippen molar-refractivity contribution in [3.05, 3.63) is 77.7 Å². The van der Waals surface area contributed by atoms with Gasteiger partial charge in [0, 0.05) is 0 Å². The highest BCUT2D eigenvalue weighted by molar-refractivity contribution is 7.92. The van der Waals surface area contributed by atoms with Gasteiger partial charge in [0.2, 0.25) is 0 Å². The third kappa shape index (κ3) is 4.84. The van der Waals surface area contributed by atoms with Crippen LogP contribution in [0.15, 0.2) is 65.7 Å². The van der Waals surface area contributed by atoms with E-state index in [-0.39, 0.29) is 27.8 Å². The average Bonchev–Trinajstić information content (AvgIpc) is 2.69. The molecule has 1 heterocycles. The standard InChI is InChI=1S/C19H11F4N3O3S/c20-14-3-8-18(25-11-14)26-30(27,28)16-6-7-17(12(9-16)10-24)29-15-4-1-13(2-5-15)19(21,22)23/h1-9,11H,(H,25,26). The number of benzene rings is 2. The molecule has 0 amide bonds. The van der Waals surface area contributed by atoms with E-state index in [0.29, 0.717) is 0 Å². The predicted octanol–water partition coefficient (Wildman–Crippen LogP) is 4.70. The Labute approximate surface area is 168 Å². The van der Waals surface area contributed by atoms with Gasteiger partial charge in [-0.25, -0.2) is 17.8 Å². The van der Waals surface area contributed by atoms with E-state index in [4.69, 9.17) is 4.74 Å². The molecule has 2 aromatic carbocycles. The number of halogens is 4. The van der Waals surface area contributed by atoms with Crippen molar-refractivity contribution in [1.82, 2.24) is 4.98 Å². The van der Waals surface area contributed by atoms with Crippen LogP contribution >= 0.6 is 0 Å². The lowest BCUT2D eigenvalue weighted by molar-refractivity contribution is -0.137. The molecule has 0 radical (unpaired) electrons. The Morgan fingerprint density at radius 2 is 1.73 bits per heavy atom. The van der Waals surface area contributed by atoms with Crippen molar-refractivity contribution < 1.29 is 30.7 Å². The number of anilines is 1. The second kappa shape index (κ2) is 8.00. The predicted molar refractivity (Wildman–Crippen MR) is 97.7 cm³/mol. The number of pyridine rings is 1. The van der Waals surface area contributed by atoms with E-state index in [1.54, 1.807) is 6.07 Å². The molecule has 154 valence electrons. The number of sulfonamides is 1. The molecule has 0 aliphatic rings. The van der Waals surface area contributed by atoms with Crippen molar-refractivity contribution in [2.24, 2.45) is 0 Å². The average molecular weight is 437 g/mol. The minimum absolute atomic E-state index is 0.0312. The van der Waals surface area contributed by atoms with Crippen molar-refractivity contribution in [2.45, 2.75) is 11.1 Å². The Hall–Kier alpha value is -3.65. The van der Waals surface area contributed by atoms with Gasteiger partial charge in [-0.05, 0) is 54.6 Å². The molecule has 0 unspecified atom stereocenters. The summed E-state index contributed by atoms with van der Waals surface area (Å²) in [6.45, 7) is 0. The third-order valence-electron chi connectivity index (χ3n) is 3.76.